The van der Waals surface area contributed by atoms with E-state index in [-0.39, 0.29) is 0 Å². The highest BCUT2D eigenvalue weighted by atomic mass is 79.9. The zero-order valence-corrected chi connectivity index (χ0v) is 12.3. The van der Waals surface area contributed by atoms with E-state index >= 15 is 0 Å². The predicted octanol–water partition coefficient (Wildman–Crippen LogP) is 3.51. The third-order valence-corrected chi connectivity index (χ3v) is 4.22. The lowest BCUT2D eigenvalue weighted by molar-refractivity contribution is 0.223. The number of aryl methyl sites for hydroxylation is 1. The van der Waals surface area contributed by atoms with Crippen LogP contribution in [0.4, 0.5) is 0 Å². The number of hydrogen-bond acceptors (Lipinski definition) is 2. The molecule has 0 saturated heterocycles. The normalized spacial score (nSPS) is 18.1. The van der Waals surface area contributed by atoms with Crippen LogP contribution in [-0.2, 0) is 6.54 Å². The number of halogens is 1. The SMILES string of the molecule is CCCn1ncc(Br)c1C(NCC)C1CCC1. The van der Waals surface area contributed by atoms with E-state index in [1.54, 1.807) is 0 Å². The number of rotatable bonds is 6. The van der Waals surface area contributed by atoms with Gasteiger partial charge in [-0.15, -0.1) is 0 Å². The number of hydrogen-bond donors (Lipinski definition) is 1. The molecule has 1 aliphatic carbocycles. The van der Waals surface area contributed by atoms with Crippen molar-refractivity contribution in [2.45, 2.75) is 52.1 Å². The third-order valence-electron chi connectivity index (χ3n) is 3.61. The van der Waals surface area contributed by atoms with Crippen LogP contribution in [0.5, 0.6) is 0 Å². The van der Waals surface area contributed by atoms with E-state index in [0.29, 0.717) is 6.04 Å². The van der Waals surface area contributed by atoms with Gasteiger partial charge in [0, 0.05) is 6.54 Å². The minimum Gasteiger partial charge on any atom is -0.309 e. The van der Waals surface area contributed by atoms with Crippen LogP contribution in [0.2, 0.25) is 0 Å². The van der Waals surface area contributed by atoms with Gasteiger partial charge in [0.2, 0.25) is 0 Å². The first-order valence-corrected chi connectivity index (χ1v) is 7.51. The monoisotopic (exact) mass is 299 g/mol. The van der Waals surface area contributed by atoms with Crippen molar-refractivity contribution >= 4 is 15.9 Å². The van der Waals surface area contributed by atoms with Gasteiger partial charge >= 0.3 is 0 Å². The summed E-state index contributed by atoms with van der Waals surface area (Å²) in [6.07, 6.45) is 7.15. The average molecular weight is 300 g/mol. The van der Waals surface area contributed by atoms with Gasteiger partial charge in [0.25, 0.3) is 0 Å². The number of nitrogens with one attached hydrogen (secondary N) is 1. The average Bonchev–Trinajstić information content (AvgIpc) is 2.57. The lowest BCUT2D eigenvalue weighted by Gasteiger charge is -2.34. The van der Waals surface area contributed by atoms with E-state index in [9.17, 15) is 0 Å². The van der Waals surface area contributed by atoms with Crippen molar-refractivity contribution in [3.63, 3.8) is 0 Å². The molecular formula is C13H22BrN3. The van der Waals surface area contributed by atoms with Gasteiger partial charge in [-0.05, 0) is 47.7 Å². The maximum absolute atomic E-state index is 4.48. The zero-order chi connectivity index (χ0) is 12.3. The van der Waals surface area contributed by atoms with Gasteiger partial charge in [0.05, 0.1) is 22.4 Å². The van der Waals surface area contributed by atoms with Crippen LogP contribution in [0.3, 0.4) is 0 Å². The Bertz CT molecular complexity index is 358. The standard InChI is InChI=1S/C13H22BrN3/c1-3-8-17-13(11(14)9-16-17)12(15-4-2)10-6-5-7-10/h9-10,12,15H,3-8H2,1-2H3. The summed E-state index contributed by atoms with van der Waals surface area (Å²) in [5, 5.41) is 8.11. The molecule has 0 aliphatic heterocycles. The van der Waals surface area contributed by atoms with Gasteiger partial charge < -0.3 is 5.32 Å². The largest absolute Gasteiger partial charge is 0.309 e. The van der Waals surface area contributed by atoms with Gasteiger partial charge in [0.15, 0.2) is 0 Å². The van der Waals surface area contributed by atoms with Crippen molar-refractivity contribution in [3.05, 3.63) is 16.4 Å². The number of aromatic nitrogens is 2. The maximum atomic E-state index is 4.48. The zero-order valence-electron chi connectivity index (χ0n) is 10.7. The molecule has 0 aromatic carbocycles. The Morgan fingerprint density at radius 2 is 2.29 bits per heavy atom. The Hall–Kier alpha value is -0.350. The van der Waals surface area contributed by atoms with Gasteiger partial charge in [-0.3, -0.25) is 4.68 Å². The second kappa shape index (κ2) is 6.01. The van der Waals surface area contributed by atoms with Crippen molar-refractivity contribution < 1.29 is 0 Å². The quantitative estimate of drug-likeness (QED) is 0.871. The summed E-state index contributed by atoms with van der Waals surface area (Å²) in [6.45, 7) is 6.41. The highest BCUT2D eigenvalue weighted by Crippen LogP contribution is 2.39. The molecule has 1 N–H and O–H groups in total. The fraction of sp³-hybridized carbons (Fsp3) is 0.769. The molecule has 0 spiro atoms. The molecular weight excluding hydrogens is 278 g/mol. The molecule has 1 atom stereocenters. The molecule has 2 rings (SSSR count). The molecule has 1 saturated carbocycles. The maximum Gasteiger partial charge on any atom is 0.0698 e. The summed E-state index contributed by atoms with van der Waals surface area (Å²) in [5.41, 5.74) is 1.35. The second-order valence-electron chi connectivity index (χ2n) is 4.83. The van der Waals surface area contributed by atoms with Crippen LogP contribution < -0.4 is 5.32 Å². The molecule has 4 heteroatoms. The molecule has 0 bridgehead atoms. The van der Waals surface area contributed by atoms with Gasteiger partial charge in [-0.2, -0.15) is 5.10 Å². The summed E-state index contributed by atoms with van der Waals surface area (Å²) < 4.78 is 3.32. The summed E-state index contributed by atoms with van der Waals surface area (Å²) in [7, 11) is 0. The van der Waals surface area contributed by atoms with Crippen molar-refractivity contribution in [2.75, 3.05) is 6.54 Å². The summed E-state index contributed by atoms with van der Waals surface area (Å²) in [6, 6.07) is 0.470. The summed E-state index contributed by atoms with van der Waals surface area (Å²) in [5.74, 6) is 0.790. The molecule has 1 aromatic heterocycles. The van der Waals surface area contributed by atoms with Crippen LogP contribution in [0, 0.1) is 5.92 Å². The Morgan fingerprint density at radius 1 is 1.53 bits per heavy atom. The highest BCUT2D eigenvalue weighted by Gasteiger charge is 2.31. The van der Waals surface area contributed by atoms with Crippen molar-refractivity contribution in [1.29, 1.82) is 0 Å². The fourth-order valence-corrected chi connectivity index (χ4v) is 3.09. The molecule has 17 heavy (non-hydrogen) atoms. The molecule has 1 aromatic rings. The van der Waals surface area contributed by atoms with E-state index in [1.165, 1.54) is 25.0 Å². The van der Waals surface area contributed by atoms with Crippen LogP contribution in [0.15, 0.2) is 10.7 Å². The molecule has 1 heterocycles. The fourth-order valence-electron chi connectivity index (χ4n) is 2.55. The topological polar surface area (TPSA) is 29.9 Å². The lowest BCUT2D eigenvalue weighted by atomic mass is 9.78. The van der Waals surface area contributed by atoms with Gasteiger partial charge in [0.1, 0.15) is 0 Å². The van der Waals surface area contributed by atoms with E-state index in [1.807, 2.05) is 6.20 Å². The molecule has 1 fully saturated rings. The van der Waals surface area contributed by atoms with Crippen LogP contribution >= 0.6 is 15.9 Å². The van der Waals surface area contributed by atoms with E-state index < -0.39 is 0 Å². The Balaban J connectivity index is 2.23. The molecule has 1 unspecified atom stereocenters. The van der Waals surface area contributed by atoms with Crippen molar-refractivity contribution in [1.82, 2.24) is 15.1 Å². The van der Waals surface area contributed by atoms with Crippen LogP contribution in [-0.4, -0.2) is 16.3 Å². The first kappa shape index (κ1) is 13.1. The van der Waals surface area contributed by atoms with E-state index in [4.69, 9.17) is 0 Å². The van der Waals surface area contributed by atoms with Crippen molar-refractivity contribution in [2.24, 2.45) is 5.92 Å². The minimum atomic E-state index is 0.470. The van der Waals surface area contributed by atoms with Crippen molar-refractivity contribution in [3.8, 4) is 0 Å². The molecule has 0 amide bonds. The smallest absolute Gasteiger partial charge is 0.0698 e. The highest BCUT2D eigenvalue weighted by molar-refractivity contribution is 9.10. The van der Waals surface area contributed by atoms with Crippen LogP contribution in [0.25, 0.3) is 0 Å². The Morgan fingerprint density at radius 3 is 2.82 bits per heavy atom. The van der Waals surface area contributed by atoms with Crippen LogP contribution in [0.1, 0.15) is 51.3 Å². The summed E-state index contributed by atoms with van der Waals surface area (Å²) >= 11 is 3.66. The van der Waals surface area contributed by atoms with E-state index in [2.05, 4.69) is 44.9 Å². The van der Waals surface area contributed by atoms with Gasteiger partial charge in [-0.25, -0.2) is 0 Å². The Kier molecular flexibility index (Phi) is 4.62. The second-order valence-corrected chi connectivity index (χ2v) is 5.68. The first-order valence-electron chi connectivity index (χ1n) is 6.72. The summed E-state index contributed by atoms with van der Waals surface area (Å²) in [4.78, 5) is 0. The van der Waals surface area contributed by atoms with E-state index in [0.717, 1.165) is 29.9 Å². The molecule has 96 valence electrons. The molecule has 1 aliphatic rings. The molecule has 3 nitrogen and oxygen atoms in total. The lowest BCUT2D eigenvalue weighted by Crippen LogP contribution is -2.34. The predicted molar refractivity (Wildman–Crippen MR) is 74.0 cm³/mol. The number of nitrogens with zero attached hydrogens (tertiary/aromatic N) is 2. The third kappa shape index (κ3) is 2.74. The van der Waals surface area contributed by atoms with Gasteiger partial charge in [-0.1, -0.05) is 20.3 Å². The minimum absolute atomic E-state index is 0.470. The Labute approximate surface area is 112 Å². The molecule has 0 radical (unpaired) electrons. The first-order chi connectivity index (χ1) is 8.27.